The van der Waals surface area contributed by atoms with E-state index in [1.165, 1.54) is 0 Å². The zero-order chi connectivity index (χ0) is 12.7. The first-order valence-electron chi connectivity index (χ1n) is 5.97. The number of carbonyl (C=O) groups excluding carboxylic acids is 1. The summed E-state index contributed by atoms with van der Waals surface area (Å²) in [4.78, 5) is 18.1. The molecule has 3 nitrogen and oxygen atoms in total. The number of amides is 1. The van der Waals surface area contributed by atoms with Crippen molar-refractivity contribution in [3.63, 3.8) is 0 Å². The lowest BCUT2D eigenvalue weighted by atomic mass is 10.1. The first kappa shape index (κ1) is 11.7. The van der Waals surface area contributed by atoms with Gasteiger partial charge in [-0.25, -0.2) is 4.98 Å². The Morgan fingerprint density at radius 1 is 1.39 bits per heavy atom. The normalized spacial score (nSPS) is 19.8. The molecule has 0 saturated carbocycles. The van der Waals surface area contributed by atoms with E-state index >= 15 is 0 Å². The van der Waals surface area contributed by atoms with Crippen LogP contribution in [0.15, 0.2) is 34.8 Å². The van der Waals surface area contributed by atoms with Gasteiger partial charge in [0.25, 0.3) is 0 Å². The number of hydrogen-bond donors (Lipinski definition) is 0. The molecule has 1 aromatic heterocycles. The minimum absolute atomic E-state index is 0.0940. The van der Waals surface area contributed by atoms with Crippen LogP contribution < -0.4 is 0 Å². The van der Waals surface area contributed by atoms with Crippen LogP contribution in [0.25, 0.3) is 10.9 Å². The Morgan fingerprint density at radius 2 is 2.17 bits per heavy atom. The van der Waals surface area contributed by atoms with Crippen LogP contribution in [0.4, 0.5) is 0 Å². The van der Waals surface area contributed by atoms with Gasteiger partial charge < -0.3 is 4.90 Å². The summed E-state index contributed by atoms with van der Waals surface area (Å²) in [5, 5.41) is 1.11. The Morgan fingerprint density at radius 3 is 2.89 bits per heavy atom. The van der Waals surface area contributed by atoms with Gasteiger partial charge in [-0.1, -0.05) is 18.2 Å². The molecule has 2 aromatic rings. The van der Waals surface area contributed by atoms with Crippen molar-refractivity contribution in [2.24, 2.45) is 0 Å². The van der Waals surface area contributed by atoms with Crippen molar-refractivity contribution in [1.29, 1.82) is 0 Å². The highest BCUT2D eigenvalue weighted by Gasteiger charge is 2.31. The molecule has 1 aromatic carbocycles. The van der Waals surface area contributed by atoms with Gasteiger partial charge in [-0.05, 0) is 34.5 Å². The molecule has 2 heterocycles. The summed E-state index contributed by atoms with van der Waals surface area (Å²) < 4.78 is 0.979. The minimum atomic E-state index is 0.0940. The molecule has 3 rings (SSSR count). The van der Waals surface area contributed by atoms with Gasteiger partial charge in [0.2, 0.25) is 5.91 Å². The molecule has 0 spiro atoms. The predicted molar refractivity (Wildman–Crippen MR) is 74.2 cm³/mol. The molecule has 0 bridgehead atoms. The maximum atomic E-state index is 11.6. The monoisotopic (exact) mass is 304 g/mol. The largest absolute Gasteiger partial charge is 0.337 e. The zero-order valence-electron chi connectivity index (χ0n) is 10.1. The first-order chi connectivity index (χ1) is 8.66. The highest BCUT2D eigenvalue weighted by molar-refractivity contribution is 9.10. The fourth-order valence-electron chi connectivity index (χ4n) is 2.46. The summed E-state index contributed by atoms with van der Waals surface area (Å²) in [7, 11) is 1.85. The van der Waals surface area contributed by atoms with E-state index in [0.717, 1.165) is 27.5 Å². The summed E-state index contributed by atoms with van der Waals surface area (Å²) in [5.74, 6) is 0.196. The Labute approximate surface area is 114 Å². The molecule has 1 saturated heterocycles. The molecule has 0 N–H and O–H groups in total. The number of para-hydroxylation sites is 1. The summed E-state index contributed by atoms with van der Waals surface area (Å²) in [6, 6.07) is 10.2. The topological polar surface area (TPSA) is 33.2 Å². The average molecular weight is 305 g/mol. The third-order valence-electron chi connectivity index (χ3n) is 3.51. The molecule has 1 fully saturated rings. The fraction of sp³-hybridized carbons (Fsp3) is 0.286. The number of likely N-dealkylation sites (tertiary alicyclic amines) is 1. The standard InChI is InChI=1S/C14H13BrN2O/c1-17-12(6-7-13(17)18)14-10(15)8-9-4-2-3-5-11(9)16-14/h2-5,8,12H,6-7H2,1H3. The number of pyridine rings is 1. The van der Waals surface area contributed by atoms with Crippen molar-refractivity contribution >= 4 is 32.7 Å². The maximum absolute atomic E-state index is 11.6. The van der Waals surface area contributed by atoms with Gasteiger partial charge >= 0.3 is 0 Å². The van der Waals surface area contributed by atoms with Gasteiger partial charge in [-0.3, -0.25) is 4.79 Å². The lowest BCUT2D eigenvalue weighted by Gasteiger charge is -2.20. The van der Waals surface area contributed by atoms with E-state index in [1.807, 2.05) is 31.3 Å². The molecule has 4 heteroatoms. The van der Waals surface area contributed by atoms with Crippen molar-refractivity contribution in [3.8, 4) is 0 Å². The number of hydrogen-bond acceptors (Lipinski definition) is 2. The Hall–Kier alpha value is -1.42. The van der Waals surface area contributed by atoms with E-state index in [2.05, 4.69) is 22.0 Å². The van der Waals surface area contributed by atoms with E-state index in [1.54, 1.807) is 4.90 Å². The van der Waals surface area contributed by atoms with Crippen LogP contribution in [-0.4, -0.2) is 22.8 Å². The lowest BCUT2D eigenvalue weighted by Crippen LogP contribution is -2.23. The van der Waals surface area contributed by atoms with Crippen molar-refractivity contribution in [2.45, 2.75) is 18.9 Å². The van der Waals surface area contributed by atoms with Gasteiger partial charge in [0.1, 0.15) is 0 Å². The van der Waals surface area contributed by atoms with Crippen LogP contribution in [-0.2, 0) is 4.79 Å². The Bertz CT molecular complexity index is 626. The molecule has 0 aliphatic carbocycles. The second-order valence-electron chi connectivity index (χ2n) is 4.61. The second kappa shape index (κ2) is 4.35. The van der Waals surface area contributed by atoms with Gasteiger partial charge in [-0.2, -0.15) is 0 Å². The smallest absolute Gasteiger partial charge is 0.222 e. The van der Waals surface area contributed by atoms with Crippen LogP contribution in [0.1, 0.15) is 24.6 Å². The first-order valence-corrected chi connectivity index (χ1v) is 6.77. The molecule has 1 atom stereocenters. The summed E-state index contributed by atoms with van der Waals surface area (Å²) >= 11 is 3.57. The van der Waals surface area contributed by atoms with Crippen LogP contribution in [0.3, 0.4) is 0 Å². The van der Waals surface area contributed by atoms with Gasteiger partial charge in [0, 0.05) is 23.3 Å². The Balaban J connectivity index is 2.12. The lowest BCUT2D eigenvalue weighted by molar-refractivity contribution is -0.127. The number of carbonyl (C=O) groups is 1. The van der Waals surface area contributed by atoms with E-state index in [-0.39, 0.29) is 11.9 Å². The molecule has 1 aliphatic heterocycles. The van der Waals surface area contributed by atoms with Crippen LogP contribution >= 0.6 is 15.9 Å². The van der Waals surface area contributed by atoms with Crippen molar-refractivity contribution in [1.82, 2.24) is 9.88 Å². The molecule has 1 aliphatic rings. The highest BCUT2D eigenvalue weighted by Crippen LogP contribution is 2.35. The fourth-order valence-corrected chi connectivity index (χ4v) is 3.06. The SMILES string of the molecule is CN1C(=O)CCC1c1nc2ccccc2cc1Br. The second-order valence-corrected chi connectivity index (χ2v) is 5.46. The van der Waals surface area contributed by atoms with E-state index in [0.29, 0.717) is 6.42 Å². The number of benzene rings is 1. The minimum Gasteiger partial charge on any atom is -0.337 e. The van der Waals surface area contributed by atoms with E-state index in [4.69, 9.17) is 4.98 Å². The number of fused-ring (bicyclic) bond motifs is 1. The average Bonchev–Trinajstić information content (AvgIpc) is 2.69. The Kier molecular flexibility index (Phi) is 2.82. The number of aromatic nitrogens is 1. The van der Waals surface area contributed by atoms with Gasteiger partial charge in [0.15, 0.2) is 0 Å². The van der Waals surface area contributed by atoms with Gasteiger partial charge in [-0.15, -0.1) is 0 Å². The molecule has 92 valence electrons. The third-order valence-corrected chi connectivity index (χ3v) is 4.15. The molecular formula is C14H13BrN2O. The maximum Gasteiger partial charge on any atom is 0.222 e. The quantitative estimate of drug-likeness (QED) is 0.810. The van der Waals surface area contributed by atoms with Crippen LogP contribution in [0, 0.1) is 0 Å². The highest BCUT2D eigenvalue weighted by atomic mass is 79.9. The summed E-state index contributed by atoms with van der Waals surface area (Å²) in [6.45, 7) is 0. The molecule has 18 heavy (non-hydrogen) atoms. The van der Waals surface area contributed by atoms with Crippen LogP contribution in [0.2, 0.25) is 0 Å². The zero-order valence-corrected chi connectivity index (χ0v) is 11.6. The van der Waals surface area contributed by atoms with E-state index < -0.39 is 0 Å². The third kappa shape index (κ3) is 1.81. The van der Waals surface area contributed by atoms with Crippen molar-refractivity contribution in [3.05, 3.63) is 40.5 Å². The molecule has 1 amide bonds. The number of rotatable bonds is 1. The predicted octanol–water partition coefficient (Wildman–Crippen LogP) is 3.29. The molecule has 0 radical (unpaired) electrons. The molecule has 1 unspecified atom stereocenters. The van der Waals surface area contributed by atoms with E-state index in [9.17, 15) is 4.79 Å². The number of nitrogens with zero attached hydrogens (tertiary/aromatic N) is 2. The van der Waals surface area contributed by atoms with Crippen molar-refractivity contribution in [2.75, 3.05) is 7.05 Å². The van der Waals surface area contributed by atoms with Crippen molar-refractivity contribution < 1.29 is 4.79 Å². The summed E-state index contributed by atoms with van der Waals surface area (Å²) in [5.41, 5.74) is 1.94. The summed E-state index contributed by atoms with van der Waals surface area (Å²) in [6.07, 6.45) is 1.46. The number of halogens is 1. The van der Waals surface area contributed by atoms with Gasteiger partial charge in [0.05, 0.1) is 17.3 Å². The van der Waals surface area contributed by atoms with Crippen LogP contribution in [0.5, 0.6) is 0 Å². The molecular weight excluding hydrogens is 292 g/mol.